The monoisotopic (exact) mass is 446 g/mol. The molecule has 1 atom stereocenters. The summed E-state index contributed by atoms with van der Waals surface area (Å²) in [4.78, 5) is 13.5. The summed E-state index contributed by atoms with van der Waals surface area (Å²) in [5, 5.41) is 19.5. The first kappa shape index (κ1) is 22.3. The lowest BCUT2D eigenvalue weighted by molar-refractivity contribution is 0.0610. The van der Waals surface area contributed by atoms with Crippen LogP contribution in [-0.4, -0.2) is 31.9 Å². The van der Waals surface area contributed by atoms with E-state index in [1.54, 1.807) is 45.0 Å². The molecule has 3 aromatic carbocycles. The third-order valence-corrected chi connectivity index (χ3v) is 4.84. The van der Waals surface area contributed by atoms with E-state index in [2.05, 4.69) is 15.7 Å². The molecule has 0 aliphatic rings. The quantitative estimate of drug-likeness (QED) is 0.450. The number of ether oxygens (including phenoxy) is 2. The summed E-state index contributed by atoms with van der Waals surface area (Å²) < 4.78 is 11.3. The first-order valence-electron chi connectivity index (χ1n) is 10.6. The molecule has 8 heteroatoms. The van der Waals surface area contributed by atoms with Gasteiger partial charge >= 0.3 is 6.09 Å². The van der Waals surface area contributed by atoms with Crippen LogP contribution in [0.5, 0.6) is 5.75 Å². The zero-order valence-electron chi connectivity index (χ0n) is 18.7. The molecule has 0 bridgehead atoms. The molecule has 0 spiro atoms. The number of carbonyl (C=O) groups is 1. The minimum atomic E-state index is -1.04. The fraction of sp³-hybridized carbons (Fsp3) is 0.240. The molecule has 0 aliphatic heterocycles. The van der Waals surface area contributed by atoms with Crippen molar-refractivity contribution in [1.29, 1.82) is 0 Å². The Hall–Kier alpha value is -3.91. The average molecular weight is 447 g/mol. The molecule has 1 unspecified atom stereocenters. The highest BCUT2D eigenvalue weighted by molar-refractivity contribution is 5.83. The van der Waals surface area contributed by atoms with Gasteiger partial charge in [0.2, 0.25) is 0 Å². The van der Waals surface area contributed by atoms with E-state index in [4.69, 9.17) is 9.47 Å². The summed E-state index contributed by atoms with van der Waals surface area (Å²) in [5.41, 5.74) is 5.01. The van der Waals surface area contributed by atoms with E-state index in [1.165, 1.54) is 4.79 Å². The lowest BCUT2D eigenvalue weighted by Crippen LogP contribution is -2.32. The van der Waals surface area contributed by atoms with Crippen molar-refractivity contribution in [2.75, 3.05) is 5.43 Å². The number of nitrogens with zero attached hydrogens (tertiary/aromatic N) is 3. The number of rotatable bonds is 6. The Balaban J connectivity index is 1.64. The first-order chi connectivity index (χ1) is 15.8. The van der Waals surface area contributed by atoms with Gasteiger partial charge in [0.15, 0.2) is 0 Å². The molecule has 1 heterocycles. The molecule has 2 N–H and O–H groups in total. The average Bonchev–Trinajstić information content (AvgIpc) is 3.19. The van der Waals surface area contributed by atoms with Crippen molar-refractivity contribution in [3.8, 4) is 5.75 Å². The van der Waals surface area contributed by atoms with Crippen molar-refractivity contribution in [2.24, 2.45) is 0 Å². The van der Waals surface area contributed by atoms with Crippen molar-refractivity contribution in [3.63, 3.8) is 0 Å². The van der Waals surface area contributed by atoms with Crippen LogP contribution in [0.4, 0.5) is 4.79 Å². The van der Waals surface area contributed by atoms with E-state index in [1.807, 2.05) is 48.5 Å². The fourth-order valence-corrected chi connectivity index (χ4v) is 3.42. The van der Waals surface area contributed by atoms with E-state index < -0.39 is 17.8 Å². The summed E-state index contributed by atoms with van der Waals surface area (Å²) in [7, 11) is 0. The standard InChI is InChI=1S/C25H26N4O4/c1-25(2,3)33-24(31)27-29-22-19(13-9-14-20(22)26-28-29)23(30)18-12-7-8-15-21(18)32-16-17-10-5-4-6-11-17/h4-15,23,30H,16H2,1-3H3,(H,27,31). The Labute approximate surface area is 191 Å². The van der Waals surface area contributed by atoms with Gasteiger partial charge in [0.25, 0.3) is 0 Å². The minimum absolute atomic E-state index is 0.370. The van der Waals surface area contributed by atoms with Crippen molar-refractivity contribution in [1.82, 2.24) is 15.1 Å². The number of aliphatic hydroxyl groups is 1. The summed E-state index contributed by atoms with van der Waals surface area (Å²) in [6.07, 6.45) is -1.72. The van der Waals surface area contributed by atoms with Gasteiger partial charge in [-0.1, -0.05) is 60.7 Å². The van der Waals surface area contributed by atoms with E-state index in [0.717, 1.165) is 5.56 Å². The van der Waals surface area contributed by atoms with E-state index in [9.17, 15) is 9.90 Å². The first-order valence-corrected chi connectivity index (χ1v) is 10.6. The Morgan fingerprint density at radius 3 is 2.45 bits per heavy atom. The predicted octanol–water partition coefficient (Wildman–Crippen LogP) is 4.57. The van der Waals surface area contributed by atoms with Gasteiger partial charge in [0, 0.05) is 11.1 Å². The normalized spacial score (nSPS) is 12.4. The zero-order valence-corrected chi connectivity index (χ0v) is 18.7. The molecule has 0 saturated heterocycles. The molecule has 8 nitrogen and oxygen atoms in total. The highest BCUT2D eigenvalue weighted by Crippen LogP contribution is 2.33. The molecular formula is C25H26N4O4. The van der Waals surface area contributed by atoms with Crippen LogP contribution in [0.15, 0.2) is 72.8 Å². The largest absolute Gasteiger partial charge is 0.489 e. The van der Waals surface area contributed by atoms with Crippen LogP contribution >= 0.6 is 0 Å². The van der Waals surface area contributed by atoms with Crippen LogP contribution < -0.4 is 10.2 Å². The second kappa shape index (κ2) is 9.30. The van der Waals surface area contributed by atoms with Crippen LogP contribution in [0.25, 0.3) is 11.0 Å². The number of amides is 1. The smallest absolute Gasteiger partial charge is 0.428 e. The maximum atomic E-state index is 12.3. The number of aromatic nitrogens is 3. The van der Waals surface area contributed by atoms with Gasteiger partial charge < -0.3 is 14.6 Å². The lowest BCUT2D eigenvalue weighted by atomic mass is 9.99. The number of benzene rings is 3. The molecule has 170 valence electrons. The number of nitrogens with one attached hydrogen (secondary N) is 1. The third-order valence-electron chi connectivity index (χ3n) is 4.84. The van der Waals surface area contributed by atoms with Gasteiger partial charge in [-0.2, -0.15) is 0 Å². The maximum absolute atomic E-state index is 12.3. The highest BCUT2D eigenvalue weighted by atomic mass is 16.6. The Morgan fingerprint density at radius 2 is 1.70 bits per heavy atom. The topological polar surface area (TPSA) is 98.5 Å². The molecule has 0 aliphatic carbocycles. The van der Waals surface area contributed by atoms with Crippen molar-refractivity contribution >= 4 is 17.1 Å². The van der Waals surface area contributed by atoms with E-state index in [0.29, 0.717) is 34.5 Å². The Bertz CT molecular complexity index is 1250. The van der Waals surface area contributed by atoms with Crippen molar-refractivity contribution in [3.05, 3.63) is 89.5 Å². The minimum Gasteiger partial charge on any atom is -0.489 e. The maximum Gasteiger partial charge on any atom is 0.428 e. The predicted molar refractivity (Wildman–Crippen MR) is 124 cm³/mol. The van der Waals surface area contributed by atoms with Crippen LogP contribution in [0.2, 0.25) is 0 Å². The molecule has 4 aromatic rings. The fourth-order valence-electron chi connectivity index (χ4n) is 3.42. The summed E-state index contributed by atoms with van der Waals surface area (Å²) >= 11 is 0. The SMILES string of the molecule is CC(C)(C)OC(=O)Nn1nnc2cccc(C(O)c3ccccc3OCc3ccccc3)c21. The van der Waals surface area contributed by atoms with Gasteiger partial charge in [-0.3, -0.25) is 0 Å². The number of hydrogen-bond acceptors (Lipinski definition) is 6. The third kappa shape index (κ3) is 5.30. The molecule has 0 radical (unpaired) electrons. The van der Waals surface area contributed by atoms with Crippen LogP contribution in [0.3, 0.4) is 0 Å². The van der Waals surface area contributed by atoms with Crippen LogP contribution in [0.1, 0.15) is 43.6 Å². The van der Waals surface area contributed by atoms with Crippen LogP contribution in [-0.2, 0) is 11.3 Å². The highest BCUT2D eigenvalue weighted by Gasteiger charge is 2.23. The van der Waals surface area contributed by atoms with Gasteiger partial charge in [-0.05, 0) is 43.7 Å². The summed E-state index contributed by atoms with van der Waals surface area (Å²) in [6.45, 7) is 5.68. The van der Waals surface area contributed by atoms with Crippen molar-refractivity contribution < 1.29 is 19.4 Å². The number of hydrogen-bond donors (Lipinski definition) is 2. The second-order valence-corrected chi connectivity index (χ2v) is 8.54. The van der Waals surface area contributed by atoms with Crippen LogP contribution in [0, 0.1) is 0 Å². The summed E-state index contributed by atoms with van der Waals surface area (Å²) in [6, 6.07) is 22.4. The van der Waals surface area contributed by atoms with Gasteiger partial charge in [-0.25, -0.2) is 10.2 Å². The van der Waals surface area contributed by atoms with Crippen molar-refractivity contribution in [2.45, 2.75) is 39.1 Å². The molecule has 1 aromatic heterocycles. The van der Waals surface area contributed by atoms with E-state index >= 15 is 0 Å². The number of aliphatic hydroxyl groups excluding tert-OH is 1. The molecule has 33 heavy (non-hydrogen) atoms. The summed E-state index contributed by atoms with van der Waals surface area (Å²) in [5.74, 6) is 0.560. The number of fused-ring (bicyclic) bond motifs is 1. The molecule has 1 amide bonds. The Morgan fingerprint density at radius 1 is 1.00 bits per heavy atom. The second-order valence-electron chi connectivity index (χ2n) is 8.54. The molecule has 0 saturated carbocycles. The van der Waals surface area contributed by atoms with Gasteiger partial charge in [0.1, 0.15) is 35.1 Å². The molecular weight excluding hydrogens is 420 g/mol. The van der Waals surface area contributed by atoms with Gasteiger partial charge in [0.05, 0.1) is 0 Å². The zero-order chi connectivity index (χ0) is 23.4. The lowest BCUT2D eigenvalue weighted by Gasteiger charge is -2.20. The van der Waals surface area contributed by atoms with E-state index in [-0.39, 0.29) is 0 Å². The molecule has 4 rings (SSSR count). The molecule has 0 fully saturated rings. The number of para-hydroxylation sites is 2. The number of carbonyl (C=O) groups excluding carboxylic acids is 1. The Kier molecular flexibility index (Phi) is 6.28. The van der Waals surface area contributed by atoms with Gasteiger partial charge in [-0.15, -0.1) is 9.89 Å².